The first kappa shape index (κ1) is 20.6. The van der Waals surface area contributed by atoms with E-state index in [1.54, 1.807) is 23.1 Å². The maximum absolute atomic E-state index is 12.7. The van der Waals surface area contributed by atoms with Crippen LogP contribution in [-0.2, 0) is 23.6 Å². The first-order chi connectivity index (χ1) is 13.7. The lowest BCUT2D eigenvalue weighted by Gasteiger charge is -2.10. The van der Waals surface area contributed by atoms with Crippen molar-refractivity contribution >= 4 is 29.0 Å². The molecule has 0 aliphatic rings. The van der Waals surface area contributed by atoms with E-state index in [4.69, 9.17) is 4.74 Å². The summed E-state index contributed by atoms with van der Waals surface area (Å²) < 4.78 is 5.41. The highest BCUT2D eigenvalue weighted by atomic mass is 32.2. The molecule has 0 bridgehead atoms. The first-order valence-electron chi connectivity index (χ1n) is 9.22. The molecule has 28 heavy (non-hydrogen) atoms. The lowest BCUT2D eigenvalue weighted by molar-refractivity contribution is 0.0948. The van der Waals surface area contributed by atoms with E-state index < -0.39 is 0 Å². The van der Waals surface area contributed by atoms with Gasteiger partial charge in [0.2, 0.25) is 0 Å². The molecule has 6 heteroatoms. The van der Waals surface area contributed by atoms with Gasteiger partial charge in [-0.3, -0.25) is 4.79 Å². The fourth-order valence-electron chi connectivity index (χ4n) is 2.66. The molecule has 1 heterocycles. The molecule has 4 nitrogen and oxygen atoms in total. The highest BCUT2D eigenvalue weighted by Crippen LogP contribution is 2.27. The number of aryl methyl sites for hydroxylation is 1. The van der Waals surface area contributed by atoms with Gasteiger partial charge in [-0.1, -0.05) is 36.4 Å². The highest BCUT2D eigenvalue weighted by molar-refractivity contribution is 7.98. The van der Waals surface area contributed by atoms with Crippen LogP contribution >= 0.6 is 23.1 Å². The van der Waals surface area contributed by atoms with Crippen LogP contribution in [0, 0.1) is 6.92 Å². The Hall–Kier alpha value is -2.15. The second-order valence-electron chi connectivity index (χ2n) is 6.28. The minimum atomic E-state index is -0.0593. The summed E-state index contributed by atoms with van der Waals surface area (Å²) in [4.78, 5) is 18.2. The summed E-state index contributed by atoms with van der Waals surface area (Å²) in [7, 11) is 0. The van der Waals surface area contributed by atoms with Gasteiger partial charge in [-0.25, -0.2) is 4.98 Å². The number of aromatic nitrogens is 1. The first-order valence-corrected chi connectivity index (χ1v) is 11.1. The number of carbonyl (C=O) groups is 1. The van der Waals surface area contributed by atoms with E-state index in [1.807, 2.05) is 62.4 Å². The number of nitrogens with zero attached hydrogens (tertiary/aromatic N) is 1. The van der Waals surface area contributed by atoms with Gasteiger partial charge in [-0.2, -0.15) is 0 Å². The number of hydrogen-bond donors (Lipinski definition) is 1. The lowest BCUT2D eigenvalue weighted by Crippen LogP contribution is -2.23. The van der Waals surface area contributed by atoms with Crippen LogP contribution in [0.5, 0.6) is 0 Å². The Morgan fingerprint density at radius 2 is 1.89 bits per heavy atom. The number of benzene rings is 2. The Balaban J connectivity index is 1.58. The van der Waals surface area contributed by atoms with E-state index >= 15 is 0 Å². The molecule has 146 valence electrons. The molecule has 0 fully saturated rings. The Morgan fingerprint density at radius 3 is 2.61 bits per heavy atom. The number of hydrogen-bond acceptors (Lipinski definition) is 5. The standard InChI is InChI=1S/C22H24N2O2S2/c1-3-26-13-18-10-8-17(9-11-18)12-23-22(25)20-6-4-5-7-21(20)28-15-19-14-27-16(2)24-19/h4-11,14H,3,12-13,15H2,1-2H3,(H,23,25). The molecule has 0 saturated heterocycles. The van der Waals surface area contributed by atoms with Crippen LogP contribution in [0.1, 0.15) is 39.1 Å². The normalized spacial score (nSPS) is 10.8. The van der Waals surface area contributed by atoms with E-state index in [-0.39, 0.29) is 5.91 Å². The molecule has 0 saturated carbocycles. The molecule has 0 spiro atoms. The minimum absolute atomic E-state index is 0.0593. The van der Waals surface area contributed by atoms with E-state index in [2.05, 4.69) is 15.7 Å². The van der Waals surface area contributed by atoms with E-state index in [9.17, 15) is 4.79 Å². The summed E-state index contributed by atoms with van der Waals surface area (Å²) in [5.41, 5.74) is 3.95. The van der Waals surface area contributed by atoms with Crippen molar-refractivity contribution in [2.24, 2.45) is 0 Å². The molecule has 3 aromatic rings. The molecule has 0 unspecified atom stereocenters. The summed E-state index contributed by atoms with van der Waals surface area (Å²) >= 11 is 3.29. The molecule has 3 rings (SSSR count). The van der Waals surface area contributed by atoms with Crippen LogP contribution in [0.25, 0.3) is 0 Å². The SMILES string of the molecule is CCOCc1ccc(CNC(=O)c2ccccc2SCc2csc(C)n2)cc1. The van der Waals surface area contributed by atoms with Gasteiger partial charge in [0, 0.05) is 29.2 Å². The predicted octanol–water partition coefficient (Wildman–Crippen LogP) is 5.21. The number of amides is 1. The summed E-state index contributed by atoms with van der Waals surface area (Å²) in [5, 5.41) is 6.16. The monoisotopic (exact) mass is 412 g/mol. The van der Waals surface area contributed by atoms with Crippen LogP contribution in [0.2, 0.25) is 0 Å². The van der Waals surface area contributed by atoms with Gasteiger partial charge in [-0.05, 0) is 37.1 Å². The van der Waals surface area contributed by atoms with Crippen LogP contribution in [0.4, 0.5) is 0 Å². The number of rotatable bonds is 9. The smallest absolute Gasteiger partial charge is 0.252 e. The van der Waals surface area contributed by atoms with Crippen LogP contribution in [-0.4, -0.2) is 17.5 Å². The number of nitrogens with one attached hydrogen (secondary N) is 1. The molecule has 0 radical (unpaired) electrons. The Bertz CT molecular complexity index is 907. The third kappa shape index (κ3) is 5.92. The van der Waals surface area contributed by atoms with E-state index in [0.29, 0.717) is 25.3 Å². The van der Waals surface area contributed by atoms with Gasteiger partial charge in [0.05, 0.1) is 22.9 Å². The summed E-state index contributed by atoms with van der Waals surface area (Å²) in [6, 6.07) is 15.8. The lowest BCUT2D eigenvalue weighted by atomic mass is 10.1. The van der Waals surface area contributed by atoms with Crippen molar-refractivity contribution in [1.29, 1.82) is 0 Å². The topological polar surface area (TPSA) is 51.2 Å². The fraction of sp³-hybridized carbons (Fsp3) is 0.273. The Labute approximate surface area is 174 Å². The number of thiazole rings is 1. The molecule has 0 aliphatic heterocycles. The van der Waals surface area contributed by atoms with Gasteiger partial charge in [0.25, 0.3) is 5.91 Å². The van der Waals surface area contributed by atoms with Crippen LogP contribution in [0.3, 0.4) is 0 Å². The van der Waals surface area contributed by atoms with E-state index in [1.165, 1.54) is 0 Å². The highest BCUT2D eigenvalue weighted by Gasteiger charge is 2.12. The number of carbonyl (C=O) groups excluding carboxylic acids is 1. The van der Waals surface area contributed by atoms with Crippen molar-refractivity contribution in [3.05, 3.63) is 81.3 Å². The quantitative estimate of drug-likeness (QED) is 0.490. The molecule has 0 aliphatic carbocycles. The minimum Gasteiger partial charge on any atom is -0.377 e. The molecule has 2 aromatic carbocycles. The second-order valence-corrected chi connectivity index (χ2v) is 8.36. The van der Waals surface area contributed by atoms with E-state index in [0.717, 1.165) is 32.5 Å². The zero-order valence-corrected chi connectivity index (χ0v) is 17.7. The van der Waals surface area contributed by atoms with Crippen molar-refractivity contribution in [2.45, 2.75) is 37.6 Å². The maximum atomic E-state index is 12.7. The average Bonchev–Trinajstić information content (AvgIpc) is 3.15. The van der Waals surface area contributed by atoms with Gasteiger partial charge >= 0.3 is 0 Å². The largest absolute Gasteiger partial charge is 0.377 e. The zero-order chi connectivity index (χ0) is 19.8. The van der Waals surface area contributed by atoms with Crippen molar-refractivity contribution in [3.8, 4) is 0 Å². The summed E-state index contributed by atoms with van der Waals surface area (Å²) in [5.74, 6) is 0.701. The van der Waals surface area contributed by atoms with Gasteiger partial charge in [0.1, 0.15) is 0 Å². The molecular weight excluding hydrogens is 388 g/mol. The molecule has 1 aromatic heterocycles. The van der Waals surface area contributed by atoms with Gasteiger partial charge in [-0.15, -0.1) is 23.1 Å². The number of ether oxygens (including phenoxy) is 1. The Morgan fingerprint density at radius 1 is 1.14 bits per heavy atom. The Kier molecular flexibility index (Phi) is 7.65. The van der Waals surface area contributed by atoms with Crippen molar-refractivity contribution in [1.82, 2.24) is 10.3 Å². The second kappa shape index (κ2) is 10.4. The van der Waals surface area contributed by atoms with Crippen molar-refractivity contribution in [3.63, 3.8) is 0 Å². The van der Waals surface area contributed by atoms with Crippen LogP contribution in [0.15, 0.2) is 58.8 Å². The molecule has 1 N–H and O–H groups in total. The van der Waals surface area contributed by atoms with Crippen molar-refractivity contribution in [2.75, 3.05) is 6.61 Å². The molecular formula is C22H24N2O2S2. The fourth-order valence-corrected chi connectivity index (χ4v) is 4.32. The molecule has 1 amide bonds. The van der Waals surface area contributed by atoms with Crippen LogP contribution < -0.4 is 5.32 Å². The summed E-state index contributed by atoms with van der Waals surface area (Å²) in [6.45, 7) is 5.81. The predicted molar refractivity (Wildman–Crippen MR) is 116 cm³/mol. The maximum Gasteiger partial charge on any atom is 0.252 e. The third-order valence-electron chi connectivity index (χ3n) is 4.12. The number of thioether (sulfide) groups is 1. The molecule has 0 atom stereocenters. The zero-order valence-electron chi connectivity index (χ0n) is 16.1. The average molecular weight is 413 g/mol. The van der Waals surface area contributed by atoms with Gasteiger partial charge < -0.3 is 10.1 Å². The van der Waals surface area contributed by atoms with Gasteiger partial charge in [0.15, 0.2) is 0 Å². The third-order valence-corrected chi connectivity index (χ3v) is 6.05. The summed E-state index contributed by atoms with van der Waals surface area (Å²) in [6.07, 6.45) is 0. The van der Waals surface area contributed by atoms with Crippen molar-refractivity contribution < 1.29 is 9.53 Å².